The third-order valence-electron chi connectivity index (χ3n) is 1.28. The molecule has 0 fully saturated rings. The summed E-state index contributed by atoms with van der Waals surface area (Å²) in [6.07, 6.45) is -0.364. The van der Waals surface area contributed by atoms with Gasteiger partial charge in [-0.25, -0.2) is 5.06 Å². The van der Waals surface area contributed by atoms with E-state index in [4.69, 9.17) is 15.2 Å². The normalized spacial score (nSPS) is 14.9. The van der Waals surface area contributed by atoms with Crippen molar-refractivity contribution < 1.29 is 24.6 Å². The second-order valence-corrected chi connectivity index (χ2v) is 5.30. The largest absolute Gasteiger partial charge is 0.396 e. The highest BCUT2D eigenvalue weighted by Gasteiger charge is 2.12. The molecule has 0 spiro atoms. The number of nitrogens with zero attached hydrogens (tertiary/aromatic N) is 1. The summed E-state index contributed by atoms with van der Waals surface area (Å²) in [6.45, 7) is 0.580. The number of aliphatic hydroxyl groups excluding tert-OH is 1. The summed E-state index contributed by atoms with van der Waals surface area (Å²) < 4.78 is 10.8. The molecule has 0 aliphatic carbocycles. The van der Waals surface area contributed by atoms with E-state index in [0.717, 1.165) is 6.66 Å². The molecule has 0 rings (SSSR count). The second kappa shape index (κ2) is 6.10. The van der Waals surface area contributed by atoms with Crippen LogP contribution >= 0.6 is 7.37 Å². The number of rotatable bonds is 6. The molecular formula is C6H15N2O5P. The Hall–Kier alpha value is -0.460. The highest BCUT2D eigenvalue weighted by molar-refractivity contribution is 7.57. The zero-order chi connectivity index (χ0) is 11.2. The van der Waals surface area contributed by atoms with Gasteiger partial charge < -0.3 is 10.00 Å². The van der Waals surface area contributed by atoms with Crippen molar-refractivity contribution in [2.75, 3.05) is 26.2 Å². The fourth-order valence-corrected chi connectivity index (χ4v) is 1.19. The minimum Gasteiger partial charge on any atom is -0.396 e. The van der Waals surface area contributed by atoms with Gasteiger partial charge in [0.1, 0.15) is 0 Å². The average molecular weight is 226 g/mol. The van der Waals surface area contributed by atoms with Crippen molar-refractivity contribution >= 4 is 13.3 Å². The molecule has 0 aromatic heterocycles. The Labute approximate surface area is 81.7 Å². The molecule has 0 saturated carbocycles. The summed E-state index contributed by atoms with van der Waals surface area (Å²) in [5.74, 6) is -0.649. The number of hydroxylamine groups is 2. The van der Waals surface area contributed by atoms with Crippen LogP contribution in [0.5, 0.6) is 0 Å². The van der Waals surface area contributed by atoms with Crippen molar-refractivity contribution in [1.29, 1.82) is 0 Å². The molecule has 1 atom stereocenters. The lowest BCUT2D eigenvalue weighted by Crippen LogP contribution is -2.37. The molecule has 0 aromatic carbocycles. The highest BCUT2D eigenvalue weighted by atomic mass is 31.2. The number of hydrogen-bond acceptors (Lipinski definition) is 5. The first-order valence-electron chi connectivity index (χ1n) is 3.97. The fraction of sp³-hybridized carbons (Fsp3) is 0.833. The Balaban J connectivity index is 3.69. The molecule has 84 valence electrons. The number of amides is 1. The topological polar surface area (TPSA) is 110 Å². The SMILES string of the molecule is CP(=O)(O)CNCN(O)C(=O)CCO. The number of nitrogens with one attached hydrogen (secondary N) is 1. The van der Waals surface area contributed by atoms with Gasteiger partial charge in [0.05, 0.1) is 26.0 Å². The van der Waals surface area contributed by atoms with E-state index in [1.54, 1.807) is 0 Å². The third-order valence-corrected chi connectivity index (χ3v) is 2.09. The summed E-state index contributed by atoms with van der Waals surface area (Å²) in [5.41, 5.74) is 0. The first-order chi connectivity index (χ1) is 6.37. The van der Waals surface area contributed by atoms with E-state index in [9.17, 15) is 9.36 Å². The van der Waals surface area contributed by atoms with Crippen LogP contribution in [-0.2, 0) is 9.36 Å². The molecule has 14 heavy (non-hydrogen) atoms. The highest BCUT2D eigenvalue weighted by Crippen LogP contribution is 2.32. The van der Waals surface area contributed by atoms with Gasteiger partial charge >= 0.3 is 0 Å². The van der Waals surface area contributed by atoms with E-state index in [-0.39, 0.29) is 26.0 Å². The second-order valence-electron chi connectivity index (χ2n) is 2.88. The molecule has 0 heterocycles. The molecule has 8 heteroatoms. The first-order valence-corrected chi connectivity index (χ1v) is 6.26. The maximum absolute atomic E-state index is 10.8. The summed E-state index contributed by atoms with van der Waals surface area (Å²) in [5, 5.41) is 20.1. The monoisotopic (exact) mass is 226 g/mol. The van der Waals surface area contributed by atoms with Crippen LogP contribution in [0.25, 0.3) is 0 Å². The van der Waals surface area contributed by atoms with Gasteiger partial charge in [-0.1, -0.05) is 0 Å². The van der Waals surface area contributed by atoms with Crippen molar-refractivity contribution in [3.63, 3.8) is 0 Å². The maximum atomic E-state index is 10.8. The van der Waals surface area contributed by atoms with Gasteiger partial charge in [0.2, 0.25) is 13.3 Å². The molecule has 4 N–H and O–H groups in total. The van der Waals surface area contributed by atoms with Gasteiger partial charge in [0.15, 0.2) is 0 Å². The number of hydrogen-bond donors (Lipinski definition) is 4. The van der Waals surface area contributed by atoms with Gasteiger partial charge in [-0.05, 0) is 0 Å². The average Bonchev–Trinajstić information content (AvgIpc) is 2.02. The molecular weight excluding hydrogens is 211 g/mol. The molecule has 0 aromatic rings. The van der Waals surface area contributed by atoms with Crippen LogP contribution in [0.4, 0.5) is 0 Å². The smallest absolute Gasteiger partial charge is 0.249 e. The van der Waals surface area contributed by atoms with E-state index in [1.807, 2.05) is 0 Å². The summed E-state index contributed by atoms with van der Waals surface area (Å²) in [6, 6.07) is 0. The van der Waals surface area contributed by atoms with Crippen molar-refractivity contribution in [2.24, 2.45) is 0 Å². The number of carbonyl (C=O) groups excluding carboxylic acids is 1. The van der Waals surface area contributed by atoms with E-state index >= 15 is 0 Å². The molecule has 0 radical (unpaired) electrons. The predicted octanol–water partition coefficient (Wildman–Crippen LogP) is -1.01. The summed E-state index contributed by atoms with van der Waals surface area (Å²) >= 11 is 0. The lowest BCUT2D eigenvalue weighted by molar-refractivity contribution is -0.167. The van der Waals surface area contributed by atoms with Crippen LogP contribution in [0.3, 0.4) is 0 Å². The van der Waals surface area contributed by atoms with Crippen LogP contribution < -0.4 is 5.32 Å². The van der Waals surface area contributed by atoms with Crippen LogP contribution in [-0.4, -0.2) is 52.4 Å². The molecule has 0 saturated heterocycles. The number of aliphatic hydroxyl groups is 1. The van der Waals surface area contributed by atoms with Crippen molar-refractivity contribution in [3.05, 3.63) is 0 Å². The Morgan fingerprint density at radius 1 is 1.57 bits per heavy atom. The van der Waals surface area contributed by atoms with Crippen LogP contribution in [0.2, 0.25) is 0 Å². The third kappa shape index (κ3) is 6.99. The quantitative estimate of drug-likeness (QED) is 0.200. The van der Waals surface area contributed by atoms with E-state index in [1.165, 1.54) is 0 Å². The predicted molar refractivity (Wildman–Crippen MR) is 49.0 cm³/mol. The molecule has 7 nitrogen and oxygen atoms in total. The number of carbonyl (C=O) groups is 1. The minimum atomic E-state index is -3.18. The van der Waals surface area contributed by atoms with Crippen LogP contribution in [0.1, 0.15) is 6.42 Å². The standard InChI is InChI=1S/C6H15N2O5P/c1-14(12,13)5-7-4-8(11)6(10)2-3-9/h7,9,11H,2-5H2,1H3,(H,12,13). The van der Waals surface area contributed by atoms with Crippen LogP contribution in [0.15, 0.2) is 0 Å². The van der Waals surface area contributed by atoms with Crippen LogP contribution in [0, 0.1) is 0 Å². The Bertz CT molecular complexity index is 228. The van der Waals surface area contributed by atoms with Crippen molar-refractivity contribution in [3.8, 4) is 0 Å². The van der Waals surface area contributed by atoms with Gasteiger partial charge in [0, 0.05) is 6.66 Å². The molecule has 0 bridgehead atoms. The lowest BCUT2D eigenvalue weighted by Gasteiger charge is -2.15. The van der Waals surface area contributed by atoms with Gasteiger partial charge in [-0.3, -0.25) is 19.9 Å². The minimum absolute atomic E-state index is 0.179. The molecule has 0 aliphatic heterocycles. The molecule has 0 aliphatic rings. The Morgan fingerprint density at radius 2 is 2.14 bits per heavy atom. The molecule has 1 unspecified atom stereocenters. The van der Waals surface area contributed by atoms with E-state index in [0.29, 0.717) is 5.06 Å². The van der Waals surface area contributed by atoms with Crippen molar-refractivity contribution in [1.82, 2.24) is 10.4 Å². The summed E-state index contributed by atoms with van der Waals surface area (Å²) in [4.78, 5) is 19.7. The van der Waals surface area contributed by atoms with Gasteiger partial charge in [-0.15, -0.1) is 0 Å². The lowest BCUT2D eigenvalue weighted by atomic mass is 10.4. The fourth-order valence-electron chi connectivity index (χ4n) is 0.676. The van der Waals surface area contributed by atoms with Gasteiger partial charge in [-0.2, -0.15) is 0 Å². The first kappa shape index (κ1) is 13.5. The zero-order valence-corrected chi connectivity index (χ0v) is 8.78. The van der Waals surface area contributed by atoms with E-state index < -0.39 is 13.3 Å². The van der Waals surface area contributed by atoms with Crippen molar-refractivity contribution in [2.45, 2.75) is 6.42 Å². The molecule has 1 amide bonds. The Morgan fingerprint density at radius 3 is 2.57 bits per heavy atom. The maximum Gasteiger partial charge on any atom is 0.249 e. The van der Waals surface area contributed by atoms with Gasteiger partial charge in [0.25, 0.3) is 0 Å². The zero-order valence-electron chi connectivity index (χ0n) is 7.88. The summed E-state index contributed by atoms with van der Waals surface area (Å²) in [7, 11) is -3.18. The van der Waals surface area contributed by atoms with E-state index in [2.05, 4.69) is 5.32 Å². The Kier molecular flexibility index (Phi) is 5.90.